The zero-order valence-corrected chi connectivity index (χ0v) is 19.7. The molecule has 180 valence electrons. The number of anilines is 1. The van der Waals surface area contributed by atoms with Crippen molar-refractivity contribution in [2.24, 2.45) is 0 Å². The Morgan fingerprint density at radius 2 is 1.89 bits per heavy atom. The van der Waals surface area contributed by atoms with Crippen molar-refractivity contribution in [3.63, 3.8) is 0 Å². The van der Waals surface area contributed by atoms with Crippen LogP contribution in [0.3, 0.4) is 0 Å². The predicted molar refractivity (Wildman–Crippen MR) is 130 cm³/mol. The third kappa shape index (κ3) is 4.35. The first-order valence-corrected chi connectivity index (χ1v) is 11.4. The SMILES string of the molecule is Cc1ccccc1-n1nc(-c2oc(N3CCC(N(C)C)C3)nc2-c2ccc(F)cc2F)ccc1=O. The molecule has 1 aliphatic rings. The highest BCUT2D eigenvalue weighted by molar-refractivity contribution is 5.76. The lowest BCUT2D eigenvalue weighted by Gasteiger charge is -2.19. The fourth-order valence-electron chi connectivity index (χ4n) is 4.32. The molecule has 1 saturated heterocycles. The minimum Gasteiger partial charge on any atom is -0.421 e. The molecular weight excluding hydrogens is 452 g/mol. The minimum absolute atomic E-state index is 0.0928. The van der Waals surface area contributed by atoms with Crippen LogP contribution in [-0.4, -0.2) is 52.9 Å². The summed E-state index contributed by atoms with van der Waals surface area (Å²) in [5.41, 5.74) is 1.79. The van der Waals surface area contributed by atoms with Gasteiger partial charge >= 0.3 is 0 Å². The van der Waals surface area contributed by atoms with Crippen molar-refractivity contribution in [3.8, 4) is 28.4 Å². The zero-order chi connectivity index (χ0) is 24.7. The topological polar surface area (TPSA) is 67.4 Å². The van der Waals surface area contributed by atoms with E-state index < -0.39 is 11.6 Å². The van der Waals surface area contributed by atoms with E-state index in [1.165, 1.54) is 28.9 Å². The van der Waals surface area contributed by atoms with Crippen LogP contribution < -0.4 is 10.5 Å². The lowest BCUT2D eigenvalue weighted by molar-refractivity contribution is 0.315. The Bertz CT molecular complexity index is 1450. The van der Waals surface area contributed by atoms with E-state index in [9.17, 15) is 13.6 Å². The molecule has 0 saturated carbocycles. The summed E-state index contributed by atoms with van der Waals surface area (Å²) < 4.78 is 35.9. The standard InChI is InChI=1S/C26H25F2N5O2/c1-16-6-4-5-7-22(16)33-23(34)11-10-21(30-33)25-24(19-9-8-17(27)14-20(19)28)29-26(35-25)32-13-12-18(15-32)31(2)3/h4-11,14,18H,12-13,15H2,1-3H3. The van der Waals surface area contributed by atoms with Gasteiger partial charge in [0.1, 0.15) is 23.0 Å². The monoisotopic (exact) mass is 477 g/mol. The van der Waals surface area contributed by atoms with Crippen molar-refractivity contribution in [3.05, 3.63) is 82.1 Å². The van der Waals surface area contributed by atoms with E-state index in [4.69, 9.17) is 4.42 Å². The molecule has 5 rings (SSSR count). The molecule has 7 nitrogen and oxygen atoms in total. The molecule has 0 aliphatic carbocycles. The third-order valence-electron chi connectivity index (χ3n) is 6.34. The van der Waals surface area contributed by atoms with Crippen LogP contribution in [0.25, 0.3) is 28.4 Å². The maximum Gasteiger partial charge on any atom is 0.298 e. The molecule has 1 unspecified atom stereocenters. The fourth-order valence-corrected chi connectivity index (χ4v) is 4.32. The Kier molecular flexibility index (Phi) is 5.94. The molecule has 4 aromatic rings. The molecule has 0 N–H and O–H groups in total. The summed E-state index contributed by atoms with van der Waals surface area (Å²) >= 11 is 0. The van der Waals surface area contributed by atoms with E-state index in [0.717, 1.165) is 24.6 Å². The smallest absolute Gasteiger partial charge is 0.298 e. The molecular formula is C26H25F2N5O2. The highest BCUT2D eigenvalue weighted by Gasteiger charge is 2.30. The second-order valence-electron chi connectivity index (χ2n) is 8.91. The molecule has 2 aromatic carbocycles. The average Bonchev–Trinajstić information content (AvgIpc) is 3.48. The van der Waals surface area contributed by atoms with Crippen LogP contribution in [0, 0.1) is 18.6 Å². The van der Waals surface area contributed by atoms with E-state index in [-0.39, 0.29) is 22.6 Å². The first-order valence-electron chi connectivity index (χ1n) is 11.4. The Labute approximate surface area is 201 Å². The lowest BCUT2D eigenvalue weighted by Crippen LogP contribution is -2.31. The first-order chi connectivity index (χ1) is 16.8. The summed E-state index contributed by atoms with van der Waals surface area (Å²) in [6, 6.07) is 14.3. The number of likely N-dealkylation sites (N-methyl/N-ethyl adjacent to an activating group) is 1. The Morgan fingerprint density at radius 3 is 2.60 bits per heavy atom. The molecule has 3 heterocycles. The van der Waals surface area contributed by atoms with Gasteiger partial charge in [-0.05, 0) is 57.3 Å². The average molecular weight is 478 g/mol. The summed E-state index contributed by atoms with van der Waals surface area (Å²) in [5, 5.41) is 4.54. The molecule has 1 aliphatic heterocycles. The largest absolute Gasteiger partial charge is 0.421 e. The van der Waals surface area contributed by atoms with Gasteiger partial charge in [0, 0.05) is 36.8 Å². The van der Waals surface area contributed by atoms with Gasteiger partial charge in [0.15, 0.2) is 5.76 Å². The molecule has 0 amide bonds. The molecule has 0 radical (unpaired) electrons. The number of halogens is 2. The number of oxazole rings is 1. The molecule has 9 heteroatoms. The van der Waals surface area contributed by atoms with Crippen molar-refractivity contribution >= 4 is 6.01 Å². The van der Waals surface area contributed by atoms with Crippen LogP contribution in [0.4, 0.5) is 14.8 Å². The minimum atomic E-state index is -0.758. The number of aromatic nitrogens is 3. The summed E-state index contributed by atoms with van der Waals surface area (Å²) in [7, 11) is 4.04. The fraction of sp³-hybridized carbons (Fsp3) is 0.269. The van der Waals surface area contributed by atoms with E-state index in [1.54, 1.807) is 6.07 Å². The maximum absolute atomic E-state index is 14.8. The number of hydrogen-bond acceptors (Lipinski definition) is 6. The number of nitrogens with zero attached hydrogens (tertiary/aromatic N) is 5. The molecule has 0 bridgehead atoms. The molecule has 35 heavy (non-hydrogen) atoms. The van der Waals surface area contributed by atoms with Crippen LogP contribution >= 0.6 is 0 Å². The summed E-state index contributed by atoms with van der Waals surface area (Å²) in [6.45, 7) is 3.31. The quantitative estimate of drug-likeness (QED) is 0.428. The van der Waals surface area contributed by atoms with Crippen molar-refractivity contribution in [1.29, 1.82) is 0 Å². The number of para-hydroxylation sites is 1. The highest BCUT2D eigenvalue weighted by atomic mass is 19.1. The highest BCUT2D eigenvalue weighted by Crippen LogP contribution is 2.37. The second kappa shape index (κ2) is 9.07. The summed E-state index contributed by atoms with van der Waals surface area (Å²) in [5.74, 6) is -1.23. The van der Waals surface area contributed by atoms with Gasteiger partial charge in [-0.2, -0.15) is 14.8 Å². The molecule has 1 atom stereocenters. The third-order valence-corrected chi connectivity index (χ3v) is 6.34. The lowest BCUT2D eigenvalue weighted by atomic mass is 10.1. The van der Waals surface area contributed by atoms with Gasteiger partial charge < -0.3 is 14.2 Å². The van der Waals surface area contributed by atoms with E-state index in [2.05, 4.69) is 15.0 Å². The van der Waals surface area contributed by atoms with Crippen molar-refractivity contribution in [2.75, 3.05) is 32.1 Å². The molecule has 2 aromatic heterocycles. The van der Waals surface area contributed by atoms with Gasteiger partial charge in [-0.15, -0.1) is 0 Å². The van der Waals surface area contributed by atoms with Crippen LogP contribution in [0.15, 0.2) is 63.8 Å². The van der Waals surface area contributed by atoms with Crippen molar-refractivity contribution in [1.82, 2.24) is 19.7 Å². The Balaban J connectivity index is 1.65. The van der Waals surface area contributed by atoms with Gasteiger partial charge in [0.05, 0.1) is 5.69 Å². The van der Waals surface area contributed by atoms with E-state index in [0.29, 0.717) is 30.0 Å². The summed E-state index contributed by atoms with van der Waals surface area (Å²) in [4.78, 5) is 21.4. The maximum atomic E-state index is 14.8. The van der Waals surface area contributed by atoms with Gasteiger partial charge in [-0.3, -0.25) is 4.79 Å². The second-order valence-corrected chi connectivity index (χ2v) is 8.91. The van der Waals surface area contributed by atoms with Crippen LogP contribution in [0.1, 0.15) is 12.0 Å². The Hall–Kier alpha value is -3.85. The first kappa shape index (κ1) is 22.9. The van der Waals surface area contributed by atoms with Crippen molar-refractivity contribution < 1.29 is 13.2 Å². The van der Waals surface area contributed by atoms with Crippen LogP contribution in [0.5, 0.6) is 0 Å². The number of rotatable bonds is 5. The molecule has 1 fully saturated rings. The zero-order valence-electron chi connectivity index (χ0n) is 19.7. The van der Waals surface area contributed by atoms with Gasteiger partial charge in [-0.1, -0.05) is 18.2 Å². The van der Waals surface area contributed by atoms with Gasteiger partial charge in [0.25, 0.3) is 11.6 Å². The Morgan fingerprint density at radius 1 is 1.09 bits per heavy atom. The van der Waals surface area contributed by atoms with E-state index >= 15 is 0 Å². The van der Waals surface area contributed by atoms with E-state index in [1.807, 2.05) is 44.1 Å². The molecule has 0 spiro atoms. The van der Waals surface area contributed by atoms with Crippen LogP contribution in [-0.2, 0) is 0 Å². The number of benzene rings is 2. The van der Waals surface area contributed by atoms with Crippen LogP contribution in [0.2, 0.25) is 0 Å². The number of hydrogen-bond donors (Lipinski definition) is 0. The van der Waals surface area contributed by atoms with Crippen molar-refractivity contribution in [2.45, 2.75) is 19.4 Å². The van der Waals surface area contributed by atoms with Gasteiger partial charge in [0.2, 0.25) is 0 Å². The normalized spacial score (nSPS) is 15.8. The number of aryl methyl sites for hydroxylation is 1. The summed E-state index contributed by atoms with van der Waals surface area (Å²) in [6.07, 6.45) is 0.932. The predicted octanol–water partition coefficient (Wildman–Crippen LogP) is 4.28. The van der Waals surface area contributed by atoms with Gasteiger partial charge in [-0.25, -0.2) is 8.78 Å².